The summed E-state index contributed by atoms with van der Waals surface area (Å²) in [6.07, 6.45) is 2.21. The maximum Gasteiger partial charge on any atom is 0.274 e. The standard InChI is InChI=1S/C23H26N4O2/c1-16(2)19-9-4-5-10-20(19)27-23(28)21-14-22(26-15-25-21)24-12-11-17-7-6-8-18(13-17)29-3/h4-10,13-16H,11-12H2,1-3H3,(H,27,28)(H,24,25,26). The average molecular weight is 390 g/mol. The van der Waals surface area contributed by atoms with Gasteiger partial charge in [0.25, 0.3) is 5.91 Å². The molecule has 3 rings (SSSR count). The lowest BCUT2D eigenvalue weighted by atomic mass is 10.0. The Labute approximate surface area is 171 Å². The van der Waals surface area contributed by atoms with Crippen molar-refractivity contribution in [1.29, 1.82) is 0 Å². The van der Waals surface area contributed by atoms with Crippen LogP contribution in [0.4, 0.5) is 11.5 Å². The zero-order valence-electron chi connectivity index (χ0n) is 17.0. The van der Waals surface area contributed by atoms with Crippen LogP contribution in [0.3, 0.4) is 0 Å². The first-order chi connectivity index (χ1) is 14.1. The fourth-order valence-corrected chi connectivity index (χ4v) is 3.04. The molecule has 2 N–H and O–H groups in total. The summed E-state index contributed by atoms with van der Waals surface area (Å²) < 4.78 is 5.25. The van der Waals surface area contributed by atoms with Crippen molar-refractivity contribution in [2.24, 2.45) is 0 Å². The Morgan fingerprint density at radius 2 is 1.90 bits per heavy atom. The van der Waals surface area contributed by atoms with Gasteiger partial charge in [-0.25, -0.2) is 9.97 Å². The number of ether oxygens (including phenoxy) is 1. The molecule has 0 aliphatic carbocycles. The first-order valence-electron chi connectivity index (χ1n) is 9.66. The van der Waals surface area contributed by atoms with Crippen molar-refractivity contribution in [1.82, 2.24) is 9.97 Å². The molecule has 1 aromatic heterocycles. The predicted molar refractivity (Wildman–Crippen MR) is 116 cm³/mol. The Bertz CT molecular complexity index is 972. The van der Waals surface area contributed by atoms with Gasteiger partial charge in [0.15, 0.2) is 0 Å². The summed E-state index contributed by atoms with van der Waals surface area (Å²) in [5, 5.41) is 6.21. The lowest BCUT2D eigenvalue weighted by Crippen LogP contribution is -2.16. The van der Waals surface area contributed by atoms with Crippen LogP contribution in [-0.4, -0.2) is 29.5 Å². The molecule has 6 nitrogen and oxygen atoms in total. The number of aromatic nitrogens is 2. The third-order valence-electron chi connectivity index (χ3n) is 4.58. The van der Waals surface area contributed by atoms with E-state index < -0.39 is 0 Å². The second kappa shape index (κ2) is 9.68. The van der Waals surface area contributed by atoms with Gasteiger partial charge in [0.05, 0.1) is 7.11 Å². The fourth-order valence-electron chi connectivity index (χ4n) is 3.04. The Morgan fingerprint density at radius 3 is 2.69 bits per heavy atom. The van der Waals surface area contributed by atoms with Gasteiger partial charge in [0, 0.05) is 18.3 Å². The van der Waals surface area contributed by atoms with Gasteiger partial charge >= 0.3 is 0 Å². The van der Waals surface area contributed by atoms with E-state index in [0.717, 1.165) is 29.0 Å². The number of amides is 1. The Hall–Kier alpha value is -3.41. The highest BCUT2D eigenvalue weighted by molar-refractivity contribution is 6.03. The van der Waals surface area contributed by atoms with Crippen molar-refractivity contribution in [3.05, 3.63) is 77.7 Å². The molecule has 3 aromatic rings. The summed E-state index contributed by atoms with van der Waals surface area (Å²) in [5.74, 6) is 1.51. The molecule has 0 saturated carbocycles. The predicted octanol–water partition coefficient (Wildman–Crippen LogP) is 4.52. The number of methoxy groups -OCH3 is 1. The summed E-state index contributed by atoms with van der Waals surface area (Å²) in [6, 6.07) is 17.4. The molecule has 1 amide bonds. The molecular weight excluding hydrogens is 364 g/mol. The highest BCUT2D eigenvalue weighted by Crippen LogP contribution is 2.24. The van der Waals surface area contributed by atoms with Crippen LogP contribution in [0, 0.1) is 0 Å². The Balaban J connectivity index is 1.62. The highest BCUT2D eigenvalue weighted by atomic mass is 16.5. The van der Waals surface area contributed by atoms with E-state index in [1.807, 2.05) is 42.5 Å². The van der Waals surface area contributed by atoms with E-state index in [1.54, 1.807) is 13.2 Å². The van der Waals surface area contributed by atoms with Gasteiger partial charge in [-0.1, -0.05) is 44.2 Å². The van der Waals surface area contributed by atoms with Gasteiger partial charge in [-0.3, -0.25) is 4.79 Å². The molecule has 2 aromatic carbocycles. The van der Waals surface area contributed by atoms with Crippen LogP contribution >= 0.6 is 0 Å². The normalized spacial score (nSPS) is 10.6. The topological polar surface area (TPSA) is 76.1 Å². The van der Waals surface area contributed by atoms with Gasteiger partial charge in [0.2, 0.25) is 0 Å². The molecule has 150 valence electrons. The van der Waals surface area contributed by atoms with Crippen LogP contribution in [0.1, 0.15) is 41.4 Å². The van der Waals surface area contributed by atoms with E-state index in [2.05, 4.69) is 40.5 Å². The number of rotatable bonds is 8. The van der Waals surface area contributed by atoms with E-state index in [4.69, 9.17) is 4.74 Å². The molecule has 0 saturated heterocycles. The van der Waals surface area contributed by atoms with E-state index in [-0.39, 0.29) is 5.91 Å². The smallest absolute Gasteiger partial charge is 0.274 e. The molecule has 0 aliphatic rings. The van der Waals surface area contributed by atoms with Crippen LogP contribution in [0.2, 0.25) is 0 Å². The molecule has 0 unspecified atom stereocenters. The van der Waals surface area contributed by atoms with E-state index in [0.29, 0.717) is 24.0 Å². The van der Waals surface area contributed by atoms with Crippen LogP contribution < -0.4 is 15.4 Å². The molecule has 0 atom stereocenters. The number of hydrogen-bond acceptors (Lipinski definition) is 5. The van der Waals surface area contributed by atoms with Crippen molar-refractivity contribution < 1.29 is 9.53 Å². The third-order valence-corrected chi connectivity index (χ3v) is 4.58. The quantitative estimate of drug-likeness (QED) is 0.592. The van der Waals surface area contributed by atoms with Crippen molar-refractivity contribution in [3.63, 3.8) is 0 Å². The van der Waals surface area contributed by atoms with Crippen molar-refractivity contribution >= 4 is 17.4 Å². The van der Waals surface area contributed by atoms with Gasteiger partial charge < -0.3 is 15.4 Å². The van der Waals surface area contributed by atoms with E-state index in [9.17, 15) is 4.79 Å². The van der Waals surface area contributed by atoms with Crippen molar-refractivity contribution in [3.8, 4) is 5.75 Å². The van der Waals surface area contributed by atoms with Crippen LogP contribution in [0.25, 0.3) is 0 Å². The summed E-state index contributed by atoms with van der Waals surface area (Å²) in [7, 11) is 1.66. The van der Waals surface area contributed by atoms with Gasteiger partial charge in [-0.2, -0.15) is 0 Å². The van der Waals surface area contributed by atoms with Crippen LogP contribution in [-0.2, 0) is 6.42 Å². The van der Waals surface area contributed by atoms with Crippen LogP contribution in [0.5, 0.6) is 5.75 Å². The molecule has 0 aliphatic heterocycles. The number of benzene rings is 2. The number of nitrogens with zero attached hydrogens (tertiary/aromatic N) is 2. The number of para-hydroxylation sites is 1. The van der Waals surface area contributed by atoms with Gasteiger partial charge in [-0.05, 0) is 41.7 Å². The molecule has 0 radical (unpaired) electrons. The lowest BCUT2D eigenvalue weighted by Gasteiger charge is -2.13. The molecule has 29 heavy (non-hydrogen) atoms. The molecule has 0 spiro atoms. The molecule has 6 heteroatoms. The first-order valence-corrected chi connectivity index (χ1v) is 9.66. The number of carbonyl (C=O) groups excluding carboxylic acids is 1. The van der Waals surface area contributed by atoms with Gasteiger partial charge in [0.1, 0.15) is 23.6 Å². The Morgan fingerprint density at radius 1 is 1.07 bits per heavy atom. The summed E-state index contributed by atoms with van der Waals surface area (Å²) in [4.78, 5) is 21.0. The molecule has 1 heterocycles. The summed E-state index contributed by atoms with van der Waals surface area (Å²) >= 11 is 0. The third kappa shape index (κ3) is 5.54. The largest absolute Gasteiger partial charge is 0.497 e. The first kappa shape index (κ1) is 20.3. The minimum Gasteiger partial charge on any atom is -0.497 e. The van der Waals surface area contributed by atoms with Crippen LogP contribution in [0.15, 0.2) is 60.9 Å². The second-order valence-corrected chi connectivity index (χ2v) is 7.01. The maximum absolute atomic E-state index is 12.7. The number of hydrogen-bond donors (Lipinski definition) is 2. The summed E-state index contributed by atoms with van der Waals surface area (Å²) in [5.41, 5.74) is 3.38. The maximum atomic E-state index is 12.7. The summed E-state index contributed by atoms with van der Waals surface area (Å²) in [6.45, 7) is 4.88. The lowest BCUT2D eigenvalue weighted by molar-refractivity contribution is 0.102. The number of anilines is 2. The zero-order valence-corrected chi connectivity index (χ0v) is 17.0. The molecular formula is C23H26N4O2. The van der Waals surface area contributed by atoms with E-state index >= 15 is 0 Å². The highest BCUT2D eigenvalue weighted by Gasteiger charge is 2.12. The molecule has 0 bridgehead atoms. The average Bonchev–Trinajstić information content (AvgIpc) is 2.74. The molecule has 0 fully saturated rings. The van der Waals surface area contributed by atoms with E-state index in [1.165, 1.54) is 6.33 Å². The second-order valence-electron chi connectivity index (χ2n) is 7.01. The number of carbonyl (C=O) groups is 1. The Kier molecular flexibility index (Phi) is 6.79. The SMILES string of the molecule is COc1cccc(CCNc2cc(C(=O)Nc3ccccc3C(C)C)ncn2)c1. The van der Waals surface area contributed by atoms with Crippen molar-refractivity contribution in [2.75, 3.05) is 24.3 Å². The monoisotopic (exact) mass is 390 g/mol. The van der Waals surface area contributed by atoms with Crippen molar-refractivity contribution in [2.45, 2.75) is 26.2 Å². The number of nitrogens with one attached hydrogen (secondary N) is 2. The minimum absolute atomic E-state index is 0.253. The fraction of sp³-hybridized carbons (Fsp3) is 0.261. The minimum atomic E-state index is -0.253. The van der Waals surface area contributed by atoms with Gasteiger partial charge in [-0.15, -0.1) is 0 Å². The zero-order chi connectivity index (χ0) is 20.6.